The monoisotopic (exact) mass is 258 g/mol. The van der Waals surface area contributed by atoms with Crippen molar-refractivity contribution in [3.8, 4) is 6.07 Å². The van der Waals surface area contributed by atoms with Crippen LogP contribution in [0.2, 0.25) is 0 Å². The van der Waals surface area contributed by atoms with Gasteiger partial charge in [0, 0.05) is 11.9 Å². The van der Waals surface area contributed by atoms with Gasteiger partial charge in [0.2, 0.25) is 0 Å². The Morgan fingerprint density at radius 2 is 1.95 bits per heavy atom. The normalized spacial score (nSPS) is 8.89. The first-order valence-electron chi connectivity index (χ1n) is 5.83. The highest BCUT2D eigenvalue weighted by Crippen LogP contribution is 1.99. The minimum absolute atomic E-state index is 0.155. The summed E-state index contributed by atoms with van der Waals surface area (Å²) in [6, 6.07) is 5.56. The number of hydrogen-bond donors (Lipinski definition) is 1. The molecular weight excluding hydrogens is 236 g/mol. The molecule has 0 fully saturated rings. The number of aryl methyl sites for hydroxylation is 1. The Labute approximate surface area is 116 Å². The van der Waals surface area contributed by atoms with Gasteiger partial charge in [0.05, 0.1) is 5.56 Å². The third kappa shape index (κ3) is 11.9. The number of nitrogens with zero attached hydrogens (tertiary/aromatic N) is 2. The standard InChI is InChI=1S/C7H6N2.C6H10O.C3H6/c1-6-2-3-7(4-8)5-9-6;1-4-5(2)6(3)7;1-3-2/h2-3,5H,1H3;4,7H,3H2,1-2H3;3H,1H2,2H3/b;5-4+;. The number of nitriles is 1. The van der Waals surface area contributed by atoms with E-state index in [4.69, 9.17) is 10.4 Å². The predicted octanol–water partition coefficient (Wildman–Crippen LogP) is 4.48. The lowest BCUT2D eigenvalue weighted by atomic mass is 10.3. The zero-order valence-corrected chi connectivity index (χ0v) is 12.1. The van der Waals surface area contributed by atoms with Crippen LogP contribution in [0, 0.1) is 18.3 Å². The first-order valence-corrected chi connectivity index (χ1v) is 5.83. The average molecular weight is 258 g/mol. The molecule has 1 N–H and O–H groups in total. The number of allylic oxidation sites excluding steroid dienone is 3. The maximum Gasteiger partial charge on any atom is 0.110 e. The molecule has 0 unspecified atom stereocenters. The molecule has 0 aromatic carbocycles. The summed E-state index contributed by atoms with van der Waals surface area (Å²) in [7, 11) is 0. The van der Waals surface area contributed by atoms with Crippen LogP contribution in [0.1, 0.15) is 32.0 Å². The van der Waals surface area contributed by atoms with Crippen LogP contribution in [0.15, 0.2) is 55.0 Å². The fourth-order valence-corrected chi connectivity index (χ4v) is 0.701. The maximum atomic E-state index is 8.56. The Bertz CT molecular complexity index is 451. The largest absolute Gasteiger partial charge is 0.508 e. The Kier molecular flexibility index (Phi) is 12.1. The Hall–Kier alpha value is -2.34. The summed E-state index contributed by atoms with van der Waals surface area (Å²) >= 11 is 0. The van der Waals surface area contributed by atoms with E-state index >= 15 is 0 Å². The third-order valence-electron chi connectivity index (χ3n) is 1.93. The van der Waals surface area contributed by atoms with Gasteiger partial charge in [-0.3, -0.25) is 4.98 Å². The summed E-state index contributed by atoms with van der Waals surface area (Å²) in [6.07, 6.45) is 5.12. The van der Waals surface area contributed by atoms with E-state index in [2.05, 4.69) is 18.1 Å². The highest BCUT2D eigenvalue weighted by Gasteiger charge is 1.86. The van der Waals surface area contributed by atoms with Crippen LogP contribution >= 0.6 is 0 Å². The van der Waals surface area contributed by atoms with Crippen LogP contribution < -0.4 is 0 Å². The summed E-state index contributed by atoms with van der Waals surface area (Å²) in [5, 5.41) is 16.9. The summed E-state index contributed by atoms with van der Waals surface area (Å²) < 4.78 is 0. The maximum absolute atomic E-state index is 8.56. The van der Waals surface area contributed by atoms with Crippen molar-refractivity contribution in [2.24, 2.45) is 0 Å². The molecule has 0 aliphatic heterocycles. The molecule has 0 spiro atoms. The van der Waals surface area contributed by atoms with Gasteiger partial charge in [-0.1, -0.05) is 18.7 Å². The molecule has 0 amide bonds. The van der Waals surface area contributed by atoms with Gasteiger partial charge in [-0.2, -0.15) is 5.26 Å². The predicted molar refractivity (Wildman–Crippen MR) is 80.8 cm³/mol. The number of aliphatic hydroxyl groups excluding tert-OH is 1. The van der Waals surface area contributed by atoms with Crippen molar-refractivity contribution in [1.29, 1.82) is 5.26 Å². The van der Waals surface area contributed by atoms with Crippen LogP contribution in [0.4, 0.5) is 0 Å². The lowest BCUT2D eigenvalue weighted by Gasteiger charge is -1.91. The van der Waals surface area contributed by atoms with E-state index in [9.17, 15) is 0 Å². The fourth-order valence-electron chi connectivity index (χ4n) is 0.701. The van der Waals surface area contributed by atoms with Gasteiger partial charge in [0.1, 0.15) is 11.8 Å². The molecule has 0 saturated carbocycles. The molecule has 1 rings (SSSR count). The topological polar surface area (TPSA) is 56.9 Å². The van der Waals surface area contributed by atoms with E-state index in [0.717, 1.165) is 11.3 Å². The first kappa shape index (κ1) is 19.0. The van der Waals surface area contributed by atoms with Crippen molar-refractivity contribution >= 4 is 0 Å². The number of hydrogen-bond acceptors (Lipinski definition) is 3. The van der Waals surface area contributed by atoms with Gasteiger partial charge in [-0.25, -0.2) is 0 Å². The van der Waals surface area contributed by atoms with Gasteiger partial charge >= 0.3 is 0 Å². The van der Waals surface area contributed by atoms with E-state index in [-0.39, 0.29) is 5.76 Å². The first-order chi connectivity index (χ1) is 8.92. The second-order valence-corrected chi connectivity index (χ2v) is 3.63. The van der Waals surface area contributed by atoms with Gasteiger partial charge in [0.25, 0.3) is 0 Å². The summed E-state index contributed by atoms with van der Waals surface area (Å²) in [6.45, 7) is 14.1. The van der Waals surface area contributed by atoms with Crippen LogP contribution in [0.25, 0.3) is 0 Å². The molecule has 0 aliphatic carbocycles. The SMILES string of the molecule is C=C(O)/C(C)=C/C.C=CC.Cc1ccc(C#N)cn1. The number of aliphatic hydroxyl groups is 1. The van der Waals surface area contributed by atoms with Crippen molar-refractivity contribution < 1.29 is 5.11 Å². The van der Waals surface area contributed by atoms with E-state index in [0.29, 0.717) is 5.56 Å². The minimum atomic E-state index is 0.155. The molecule has 3 heteroatoms. The molecule has 0 saturated heterocycles. The van der Waals surface area contributed by atoms with Crippen LogP contribution in [-0.2, 0) is 0 Å². The molecule has 0 aliphatic rings. The lowest BCUT2D eigenvalue weighted by Crippen LogP contribution is -1.79. The molecular formula is C16H22N2O. The molecule has 0 radical (unpaired) electrons. The summed E-state index contributed by atoms with van der Waals surface area (Å²) in [5.74, 6) is 0.155. The second kappa shape index (κ2) is 12.1. The molecule has 1 aromatic heterocycles. The zero-order chi connectivity index (χ0) is 15.3. The smallest absolute Gasteiger partial charge is 0.110 e. The number of aromatic nitrogens is 1. The second-order valence-electron chi connectivity index (χ2n) is 3.63. The van der Waals surface area contributed by atoms with E-state index < -0.39 is 0 Å². The average Bonchev–Trinajstić information content (AvgIpc) is 2.40. The highest BCUT2D eigenvalue weighted by molar-refractivity contribution is 5.25. The number of pyridine rings is 1. The minimum Gasteiger partial charge on any atom is -0.508 e. The molecule has 0 bridgehead atoms. The molecule has 1 aromatic rings. The quantitative estimate of drug-likeness (QED) is 0.459. The molecule has 0 atom stereocenters. The Morgan fingerprint density at radius 1 is 1.42 bits per heavy atom. The van der Waals surface area contributed by atoms with Crippen LogP contribution in [-0.4, -0.2) is 10.1 Å². The zero-order valence-electron chi connectivity index (χ0n) is 12.1. The highest BCUT2D eigenvalue weighted by atomic mass is 16.3. The Balaban J connectivity index is 0. The van der Waals surface area contributed by atoms with E-state index in [1.807, 2.05) is 45.9 Å². The van der Waals surface area contributed by atoms with Crippen molar-refractivity contribution in [3.05, 3.63) is 66.2 Å². The molecule has 3 nitrogen and oxygen atoms in total. The third-order valence-corrected chi connectivity index (χ3v) is 1.93. The Morgan fingerprint density at radius 3 is 2.16 bits per heavy atom. The molecule has 102 valence electrons. The fraction of sp³-hybridized carbons (Fsp3) is 0.250. The van der Waals surface area contributed by atoms with Crippen molar-refractivity contribution in [1.82, 2.24) is 4.98 Å². The molecule has 1 heterocycles. The van der Waals surface area contributed by atoms with Gasteiger partial charge in [0.15, 0.2) is 0 Å². The summed E-state index contributed by atoms with van der Waals surface area (Å²) in [4.78, 5) is 3.93. The van der Waals surface area contributed by atoms with Gasteiger partial charge in [-0.05, 0) is 45.4 Å². The summed E-state index contributed by atoms with van der Waals surface area (Å²) in [5.41, 5.74) is 2.38. The van der Waals surface area contributed by atoms with Crippen molar-refractivity contribution in [3.63, 3.8) is 0 Å². The van der Waals surface area contributed by atoms with Crippen molar-refractivity contribution in [2.45, 2.75) is 27.7 Å². The van der Waals surface area contributed by atoms with Gasteiger partial charge < -0.3 is 5.11 Å². The van der Waals surface area contributed by atoms with Crippen LogP contribution in [0.5, 0.6) is 0 Å². The lowest BCUT2D eigenvalue weighted by molar-refractivity contribution is 0.426. The van der Waals surface area contributed by atoms with Crippen LogP contribution in [0.3, 0.4) is 0 Å². The van der Waals surface area contributed by atoms with Crippen molar-refractivity contribution in [2.75, 3.05) is 0 Å². The van der Waals surface area contributed by atoms with E-state index in [1.54, 1.807) is 18.3 Å². The number of rotatable bonds is 1. The molecule has 19 heavy (non-hydrogen) atoms. The van der Waals surface area contributed by atoms with E-state index in [1.165, 1.54) is 0 Å². The van der Waals surface area contributed by atoms with Gasteiger partial charge in [-0.15, -0.1) is 6.58 Å².